The average Bonchev–Trinajstić information content (AvgIpc) is 3.19. The van der Waals surface area contributed by atoms with Gasteiger partial charge in [0.1, 0.15) is 12.0 Å². The van der Waals surface area contributed by atoms with E-state index in [0.717, 1.165) is 5.56 Å². The van der Waals surface area contributed by atoms with Crippen LogP contribution in [0.1, 0.15) is 10.5 Å². The standard InChI is InChI=1S/C19H16N6O2/c26-18-10-9-15(14-5-2-1-3-6-14)23-24(18)12-11-20-19(27)16-7-4-8-17-21-13-22-25(16)17/h1-10,13H,11-12H2,(H,20,27). The normalized spacial score (nSPS) is 10.8. The van der Waals surface area contributed by atoms with Crippen LogP contribution in [0.25, 0.3) is 16.9 Å². The Balaban J connectivity index is 1.47. The SMILES string of the molecule is O=C(NCCn1nc(-c2ccccc2)ccc1=O)c1cccc2ncnn12. The van der Waals surface area contributed by atoms with Gasteiger partial charge in [0.25, 0.3) is 11.5 Å². The quantitative estimate of drug-likeness (QED) is 0.580. The molecule has 3 aromatic heterocycles. The zero-order valence-corrected chi connectivity index (χ0v) is 14.3. The van der Waals surface area contributed by atoms with E-state index in [0.29, 0.717) is 17.0 Å². The molecule has 0 spiro atoms. The van der Waals surface area contributed by atoms with E-state index in [9.17, 15) is 9.59 Å². The summed E-state index contributed by atoms with van der Waals surface area (Å²) < 4.78 is 2.81. The summed E-state index contributed by atoms with van der Waals surface area (Å²) >= 11 is 0. The molecule has 8 heteroatoms. The number of aromatic nitrogens is 5. The topological polar surface area (TPSA) is 94.2 Å². The summed E-state index contributed by atoms with van der Waals surface area (Å²) in [5.74, 6) is -0.293. The van der Waals surface area contributed by atoms with Crippen LogP contribution < -0.4 is 10.9 Å². The first kappa shape index (κ1) is 16.6. The van der Waals surface area contributed by atoms with E-state index < -0.39 is 0 Å². The third-order valence-corrected chi connectivity index (χ3v) is 4.08. The van der Waals surface area contributed by atoms with Crippen molar-refractivity contribution in [1.82, 2.24) is 29.7 Å². The van der Waals surface area contributed by atoms with Gasteiger partial charge in [0.15, 0.2) is 5.65 Å². The third-order valence-electron chi connectivity index (χ3n) is 4.08. The molecule has 0 saturated heterocycles. The van der Waals surface area contributed by atoms with Crippen LogP contribution in [0, 0.1) is 0 Å². The number of rotatable bonds is 5. The minimum Gasteiger partial charge on any atom is -0.349 e. The molecule has 0 bridgehead atoms. The summed E-state index contributed by atoms with van der Waals surface area (Å²) in [6, 6.07) is 18.0. The van der Waals surface area contributed by atoms with E-state index >= 15 is 0 Å². The molecular weight excluding hydrogens is 344 g/mol. The van der Waals surface area contributed by atoms with Crippen molar-refractivity contribution in [3.63, 3.8) is 0 Å². The van der Waals surface area contributed by atoms with Gasteiger partial charge in [-0.3, -0.25) is 9.59 Å². The molecule has 3 heterocycles. The van der Waals surface area contributed by atoms with Gasteiger partial charge in [0, 0.05) is 18.2 Å². The van der Waals surface area contributed by atoms with Gasteiger partial charge >= 0.3 is 0 Å². The Labute approximate surface area is 154 Å². The van der Waals surface area contributed by atoms with E-state index in [-0.39, 0.29) is 24.6 Å². The zero-order valence-electron chi connectivity index (χ0n) is 14.3. The zero-order chi connectivity index (χ0) is 18.6. The first-order valence-corrected chi connectivity index (χ1v) is 8.43. The van der Waals surface area contributed by atoms with Crippen LogP contribution in [-0.2, 0) is 6.54 Å². The molecule has 4 rings (SSSR count). The molecule has 134 valence electrons. The number of hydrogen-bond donors (Lipinski definition) is 1. The lowest BCUT2D eigenvalue weighted by molar-refractivity contribution is 0.0944. The Morgan fingerprint density at radius 3 is 2.70 bits per heavy atom. The van der Waals surface area contributed by atoms with Crippen LogP contribution in [0.3, 0.4) is 0 Å². The predicted molar refractivity (Wildman–Crippen MR) is 99.3 cm³/mol. The molecule has 0 radical (unpaired) electrons. The first-order chi connectivity index (χ1) is 13.2. The number of benzene rings is 1. The van der Waals surface area contributed by atoms with E-state index in [1.54, 1.807) is 24.3 Å². The molecule has 1 aromatic carbocycles. The van der Waals surface area contributed by atoms with Crippen LogP contribution in [-0.4, -0.2) is 36.8 Å². The summed E-state index contributed by atoms with van der Waals surface area (Å²) in [7, 11) is 0. The second-order valence-corrected chi connectivity index (χ2v) is 5.84. The largest absolute Gasteiger partial charge is 0.349 e. The molecule has 1 N–H and O–H groups in total. The minimum atomic E-state index is -0.293. The van der Waals surface area contributed by atoms with Crippen LogP contribution in [0.4, 0.5) is 0 Å². The van der Waals surface area contributed by atoms with E-state index in [2.05, 4.69) is 20.5 Å². The number of nitrogens with zero attached hydrogens (tertiary/aromatic N) is 5. The number of carbonyl (C=O) groups is 1. The molecule has 0 unspecified atom stereocenters. The molecule has 0 aliphatic heterocycles. The Morgan fingerprint density at radius 2 is 1.85 bits per heavy atom. The summed E-state index contributed by atoms with van der Waals surface area (Å²) in [6.07, 6.45) is 1.39. The van der Waals surface area contributed by atoms with Crippen molar-refractivity contribution in [2.75, 3.05) is 6.54 Å². The van der Waals surface area contributed by atoms with E-state index in [1.807, 2.05) is 30.3 Å². The molecule has 27 heavy (non-hydrogen) atoms. The minimum absolute atomic E-state index is 0.220. The molecule has 0 saturated carbocycles. The Morgan fingerprint density at radius 1 is 1.00 bits per heavy atom. The summed E-state index contributed by atoms with van der Waals surface area (Å²) in [5, 5.41) is 11.2. The van der Waals surface area contributed by atoms with Gasteiger partial charge in [0.2, 0.25) is 0 Å². The highest BCUT2D eigenvalue weighted by atomic mass is 16.2. The molecular formula is C19H16N6O2. The van der Waals surface area contributed by atoms with Crippen molar-refractivity contribution in [2.45, 2.75) is 6.54 Å². The second-order valence-electron chi connectivity index (χ2n) is 5.84. The Hall–Kier alpha value is -3.81. The fraction of sp³-hybridized carbons (Fsp3) is 0.105. The maximum absolute atomic E-state index is 12.4. The highest BCUT2D eigenvalue weighted by molar-refractivity contribution is 5.93. The van der Waals surface area contributed by atoms with Gasteiger partial charge in [-0.2, -0.15) is 10.2 Å². The lowest BCUT2D eigenvalue weighted by Crippen LogP contribution is -2.32. The Kier molecular flexibility index (Phi) is 4.44. The molecule has 8 nitrogen and oxygen atoms in total. The number of pyridine rings is 1. The molecule has 0 atom stereocenters. The number of hydrogen-bond acceptors (Lipinski definition) is 5. The number of nitrogens with one attached hydrogen (secondary N) is 1. The number of fused-ring (bicyclic) bond motifs is 1. The van der Waals surface area contributed by atoms with Crippen LogP contribution >= 0.6 is 0 Å². The smallest absolute Gasteiger partial charge is 0.270 e. The number of carbonyl (C=O) groups excluding carboxylic acids is 1. The lowest BCUT2D eigenvalue weighted by atomic mass is 10.1. The second kappa shape index (κ2) is 7.20. The number of amides is 1. The van der Waals surface area contributed by atoms with Gasteiger partial charge in [-0.15, -0.1) is 0 Å². The van der Waals surface area contributed by atoms with Crippen LogP contribution in [0.5, 0.6) is 0 Å². The molecule has 4 aromatic rings. The maximum atomic E-state index is 12.4. The molecule has 0 aliphatic rings. The highest BCUT2D eigenvalue weighted by Crippen LogP contribution is 2.13. The fourth-order valence-corrected chi connectivity index (χ4v) is 2.76. The van der Waals surface area contributed by atoms with Gasteiger partial charge in [-0.05, 0) is 18.2 Å². The van der Waals surface area contributed by atoms with Crippen molar-refractivity contribution in [3.05, 3.63) is 83.0 Å². The highest BCUT2D eigenvalue weighted by Gasteiger charge is 2.11. The van der Waals surface area contributed by atoms with E-state index in [4.69, 9.17) is 0 Å². The lowest BCUT2D eigenvalue weighted by Gasteiger charge is -2.09. The van der Waals surface area contributed by atoms with Crippen molar-refractivity contribution >= 4 is 11.6 Å². The van der Waals surface area contributed by atoms with Crippen LogP contribution in [0.15, 0.2) is 71.8 Å². The van der Waals surface area contributed by atoms with E-state index in [1.165, 1.54) is 21.6 Å². The Bertz CT molecular complexity index is 1150. The van der Waals surface area contributed by atoms with Gasteiger partial charge < -0.3 is 5.32 Å². The fourth-order valence-electron chi connectivity index (χ4n) is 2.76. The third kappa shape index (κ3) is 3.45. The summed E-state index contributed by atoms with van der Waals surface area (Å²) in [6.45, 7) is 0.521. The summed E-state index contributed by atoms with van der Waals surface area (Å²) in [5.41, 5.74) is 2.38. The van der Waals surface area contributed by atoms with Gasteiger partial charge in [-0.1, -0.05) is 36.4 Å². The first-order valence-electron chi connectivity index (χ1n) is 8.43. The van der Waals surface area contributed by atoms with Crippen LogP contribution in [0.2, 0.25) is 0 Å². The van der Waals surface area contributed by atoms with Gasteiger partial charge in [0.05, 0.1) is 12.2 Å². The van der Waals surface area contributed by atoms with Crippen molar-refractivity contribution in [3.8, 4) is 11.3 Å². The van der Waals surface area contributed by atoms with Crippen molar-refractivity contribution < 1.29 is 4.79 Å². The molecule has 0 aliphatic carbocycles. The molecule has 1 amide bonds. The summed E-state index contributed by atoms with van der Waals surface area (Å²) in [4.78, 5) is 28.5. The van der Waals surface area contributed by atoms with Crippen molar-refractivity contribution in [1.29, 1.82) is 0 Å². The molecule has 0 fully saturated rings. The predicted octanol–water partition coefficient (Wildman–Crippen LogP) is 1.38. The van der Waals surface area contributed by atoms with Crippen molar-refractivity contribution in [2.24, 2.45) is 0 Å². The average molecular weight is 360 g/mol. The monoisotopic (exact) mass is 360 g/mol. The maximum Gasteiger partial charge on any atom is 0.270 e. The van der Waals surface area contributed by atoms with Gasteiger partial charge in [-0.25, -0.2) is 14.2 Å².